The Morgan fingerprint density at radius 1 is 1.25 bits per heavy atom. The van der Waals surface area contributed by atoms with Crippen LogP contribution in [0, 0.1) is 11.8 Å². The summed E-state index contributed by atoms with van der Waals surface area (Å²) in [6.45, 7) is 0.972. The van der Waals surface area contributed by atoms with Crippen molar-refractivity contribution < 1.29 is 0 Å². The largest absolute Gasteiger partial charge is 0.308 e. The van der Waals surface area contributed by atoms with Gasteiger partial charge in [0.15, 0.2) is 0 Å². The van der Waals surface area contributed by atoms with Gasteiger partial charge in [0.2, 0.25) is 0 Å². The topological polar surface area (TPSA) is 24.9 Å². The van der Waals surface area contributed by atoms with Gasteiger partial charge in [0.05, 0.1) is 0 Å². The molecule has 0 aromatic carbocycles. The van der Waals surface area contributed by atoms with Crippen molar-refractivity contribution in [3.63, 3.8) is 0 Å². The van der Waals surface area contributed by atoms with Crippen LogP contribution in [-0.4, -0.2) is 11.0 Å². The van der Waals surface area contributed by atoms with E-state index in [1.807, 2.05) is 6.20 Å². The molecular weight excluding hydrogens is 216 g/mol. The molecule has 0 bridgehead atoms. The maximum atomic E-state index is 4.32. The number of rotatable bonds is 4. The first-order chi connectivity index (χ1) is 7.92. The molecule has 2 saturated carbocycles. The normalized spacial score (nSPS) is 30.5. The molecule has 2 unspecified atom stereocenters. The van der Waals surface area contributed by atoms with Crippen LogP contribution < -0.4 is 5.32 Å². The van der Waals surface area contributed by atoms with Crippen LogP contribution in [0.1, 0.15) is 43.5 Å². The van der Waals surface area contributed by atoms with Crippen molar-refractivity contribution in [2.45, 2.75) is 51.1 Å². The van der Waals surface area contributed by atoms with Gasteiger partial charge in [0, 0.05) is 24.2 Å². The predicted octanol–water partition coefficient (Wildman–Crippen LogP) is 3.20. The minimum Gasteiger partial charge on any atom is -0.308 e. The molecule has 0 aliphatic heterocycles. The van der Waals surface area contributed by atoms with Crippen LogP contribution in [0.5, 0.6) is 0 Å². The highest BCUT2D eigenvalue weighted by molar-refractivity contribution is 7.09. The Hall–Kier alpha value is -0.410. The number of hydrogen-bond donors (Lipinski definition) is 1. The van der Waals surface area contributed by atoms with E-state index in [9.17, 15) is 0 Å². The van der Waals surface area contributed by atoms with Crippen molar-refractivity contribution in [1.29, 1.82) is 0 Å². The van der Waals surface area contributed by atoms with E-state index in [0.717, 1.165) is 24.4 Å². The molecule has 2 aliphatic rings. The van der Waals surface area contributed by atoms with Crippen LogP contribution >= 0.6 is 11.3 Å². The summed E-state index contributed by atoms with van der Waals surface area (Å²) >= 11 is 1.76. The number of nitrogens with one attached hydrogen (secondary N) is 1. The number of aromatic nitrogens is 1. The molecule has 1 aromatic rings. The first-order valence-electron chi connectivity index (χ1n) is 6.53. The summed E-state index contributed by atoms with van der Waals surface area (Å²) in [5.41, 5.74) is 0. The third-order valence-electron chi connectivity index (χ3n) is 4.03. The van der Waals surface area contributed by atoms with Gasteiger partial charge in [0.1, 0.15) is 5.01 Å². The molecule has 1 aromatic heterocycles. The lowest BCUT2D eigenvalue weighted by Crippen LogP contribution is -2.34. The van der Waals surface area contributed by atoms with Gasteiger partial charge in [-0.3, -0.25) is 0 Å². The second-order valence-electron chi connectivity index (χ2n) is 5.27. The Labute approximate surface area is 101 Å². The molecule has 0 radical (unpaired) electrons. The molecular formula is C13H20N2S. The van der Waals surface area contributed by atoms with Crippen LogP contribution in [-0.2, 0) is 6.54 Å². The standard InChI is InChI=1S/C13H20N2S/c1-2-11(10-4-5-10)8-12(3-1)15-9-13-14-6-7-16-13/h6-7,10-12,15H,1-5,8-9H2. The first kappa shape index (κ1) is 10.7. The summed E-state index contributed by atoms with van der Waals surface area (Å²) in [6, 6.07) is 0.753. The van der Waals surface area contributed by atoms with Gasteiger partial charge in [-0.15, -0.1) is 11.3 Å². The average molecular weight is 236 g/mol. The summed E-state index contributed by atoms with van der Waals surface area (Å²) in [6.07, 6.45) is 10.6. The molecule has 2 aliphatic carbocycles. The molecule has 3 heteroatoms. The molecule has 1 heterocycles. The van der Waals surface area contributed by atoms with E-state index in [4.69, 9.17) is 0 Å². The Balaban J connectivity index is 1.47. The van der Waals surface area contributed by atoms with Crippen molar-refractivity contribution in [3.8, 4) is 0 Å². The SMILES string of the molecule is c1csc(CNC2CCCC(C3CC3)C2)n1. The van der Waals surface area contributed by atoms with E-state index >= 15 is 0 Å². The molecule has 88 valence electrons. The van der Waals surface area contributed by atoms with Gasteiger partial charge in [-0.2, -0.15) is 0 Å². The number of thiazole rings is 1. The molecule has 2 nitrogen and oxygen atoms in total. The van der Waals surface area contributed by atoms with Crippen LogP contribution in [0.2, 0.25) is 0 Å². The fourth-order valence-electron chi connectivity index (χ4n) is 2.98. The van der Waals surface area contributed by atoms with Crippen molar-refractivity contribution in [3.05, 3.63) is 16.6 Å². The molecule has 0 saturated heterocycles. The summed E-state index contributed by atoms with van der Waals surface area (Å²) in [5.74, 6) is 2.12. The van der Waals surface area contributed by atoms with Crippen molar-refractivity contribution in [2.75, 3.05) is 0 Å². The predicted molar refractivity (Wildman–Crippen MR) is 67.4 cm³/mol. The smallest absolute Gasteiger partial charge is 0.106 e. The maximum absolute atomic E-state index is 4.32. The van der Waals surface area contributed by atoms with Gasteiger partial charge in [-0.25, -0.2) is 4.98 Å². The lowest BCUT2D eigenvalue weighted by molar-refractivity contribution is 0.260. The Kier molecular flexibility index (Phi) is 3.25. The molecule has 2 fully saturated rings. The first-order valence-corrected chi connectivity index (χ1v) is 7.41. The van der Waals surface area contributed by atoms with Crippen LogP contribution in [0.4, 0.5) is 0 Å². The molecule has 3 rings (SSSR count). The molecule has 2 atom stereocenters. The minimum atomic E-state index is 0.753. The third kappa shape index (κ3) is 2.64. The second-order valence-corrected chi connectivity index (χ2v) is 6.25. The fourth-order valence-corrected chi connectivity index (χ4v) is 3.55. The Morgan fingerprint density at radius 2 is 2.19 bits per heavy atom. The lowest BCUT2D eigenvalue weighted by Gasteiger charge is -2.29. The maximum Gasteiger partial charge on any atom is 0.106 e. The van der Waals surface area contributed by atoms with Crippen LogP contribution in [0.15, 0.2) is 11.6 Å². The highest BCUT2D eigenvalue weighted by atomic mass is 32.1. The fraction of sp³-hybridized carbons (Fsp3) is 0.769. The quantitative estimate of drug-likeness (QED) is 0.868. The molecule has 1 N–H and O–H groups in total. The highest BCUT2D eigenvalue weighted by Gasteiger charge is 2.34. The van der Waals surface area contributed by atoms with Crippen LogP contribution in [0.3, 0.4) is 0 Å². The van der Waals surface area contributed by atoms with Gasteiger partial charge < -0.3 is 5.32 Å². The summed E-state index contributed by atoms with van der Waals surface area (Å²) < 4.78 is 0. The zero-order chi connectivity index (χ0) is 10.8. The zero-order valence-electron chi connectivity index (χ0n) is 9.69. The number of nitrogens with zero attached hydrogens (tertiary/aromatic N) is 1. The van der Waals surface area contributed by atoms with Gasteiger partial charge in [-0.05, 0) is 37.5 Å². The number of hydrogen-bond acceptors (Lipinski definition) is 3. The average Bonchev–Trinajstić information content (AvgIpc) is 3.05. The van der Waals surface area contributed by atoms with E-state index < -0.39 is 0 Å². The van der Waals surface area contributed by atoms with Crippen LogP contribution in [0.25, 0.3) is 0 Å². The monoisotopic (exact) mass is 236 g/mol. The van der Waals surface area contributed by atoms with E-state index in [0.29, 0.717) is 0 Å². The summed E-state index contributed by atoms with van der Waals surface area (Å²) in [7, 11) is 0. The van der Waals surface area contributed by atoms with E-state index in [2.05, 4.69) is 15.7 Å². The summed E-state index contributed by atoms with van der Waals surface area (Å²) in [4.78, 5) is 4.32. The van der Waals surface area contributed by atoms with Gasteiger partial charge in [0.25, 0.3) is 0 Å². The van der Waals surface area contributed by atoms with E-state index in [1.165, 1.54) is 43.5 Å². The molecule has 0 spiro atoms. The lowest BCUT2D eigenvalue weighted by atomic mass is 9.83. The van der Waals surface area contributed by atoms with E-state index in [1.54, 1.807) is 11.3 Å². The Morgan fingerprint density at radius 3 is 2.94 bits per heavy atom. The zero-order valence-corrected chi connectivity index (χ0v) is 10.5. The molecule has 0 amide bonds. The summed E-state index contributed by atoms with van der Waals surface area (Å²) in [5, 5.41) is 6.98. The van der Waals surface area contributed by atoms with Gasteiger partial charge in [-0.1, -0.05) is 12.8 Å². The van der Waals surface area contributed by atoms with Crippen molar-refractivity contribution in [2.24, 2.45) is 11.8 Å². The van der Waals surface area contributed by atoms with Crippen molar-refractivity contribution >= 4 is 11.3 Å². The van der Waals surface area contributed by atoms with E-state index in [-0.39, 0.29) is 0 Å². The Bertz CT molecular complexity index is 319. The second kappa shape index (κ2) is 4.84. The van der Waals surface area contributed by atoms with Crippen molar-refractivity contribution in [1.82, 2.24) is 10.3 Å². The highest BCUT2D eigenvalue weighted by Crippen LogP contribution is 2.43. The molecule has 16 heavy (non-hydrogen) atoms. The minimum absolute atomic E-state index is 0.753. The van der Waals surface area contributed by atoms with Gasteiger partial charge >= 0.3 is 0 Å². The third-order valence-corrected chi connectivity index (χ3v) is 4.81.